The van der Waals surface area contributed by atoms with Crippen LogP contribution >= 0.6 is 0 Å². The summed E-state index contributed by atoms with van der Waals surface area (Å²) in [6, 6.07) is 9.66. The Morgan fingerprint density at radius 1 is 1.25 bits per heavy atom. The van der Waals surface area contributed by atoms with E-state index in [-0.39, 0.29) is 0 Å². The Bertz CT molecular complexity index is 460. The molecule has 1 N–H and O–H groups in total. The van der Waals surface area contributed by atoms with E-state index in [1.54, 1.807) is 6.08 Å². The highest BCUT2D eigenvalue weighted by atomic mass is 16.3. The maximum Gasteiger partial charge on any atom is 0.104 e. The largest absolute Gasteiger partial charge is 0.384 e. The lowest BCUT2D eigenvalue weighted by atomic mass is 10.0. The molecule has 0 aliphatic rings. The summed E-state index contributed by atoms with van der Waals surface area (Å²) in [7, 11) is 0. The van der Waals surface area contributed by atoms with Crippen LogP contribution in [0.5, 0.6) is 0 Å². The Morgan fingerprint density at radius 2 is 1.95 bits per heavy atom. The fourth-order valence-corrected chi connectivity index (χ4v) is 1.95. The Morgan fingerprint density at radius 3 is 2.60 bits per heavy atom. The quantitative estimate of drug-likeness (QED) is 0.533. The predicted octanol–water partition coefficient (Wildman–Crippen LogP) is 5.20. The van der Waals surface area contributed by atoms with E-state index in [1.807, 2.05) is 36.4 Å². The molecular formula is C19H26O. The van der Waals surface area contributed by atoms with Crippen LogP contribution in [-0.4, -0.2) is 5.11 Å². The predicted molar refractivity (Wildman–Crippen MR) is 86.5 cm³/mol. The summed E-state index contributed by atoms with van der Waals surface area (Å²) in [5.41, 5.74) is 5.39. The average molecular weight is 270 g/mol. The van der Waals surface area contributed by atoms with Crippen molar-refractivity contribution in [3.8, 4) is 0 Å². The zero-order valence-corrected chi connectivity index (χ0v) is 12.8. The highest BCUT2D eigenvalue weighted by Gasteiger charge is 2.00. The standard InChI is InChI=1S/C19H26O/c1-16(2)10-9-12-17(3)11-7-8-15-19(20)18-13-5-4-6-14-18/h4-7,10,13-15,17,19-20H,9,11-12H2,1-3H3. The summed E-state index contributed by atoms with van der Waals surface area (Å²) in [5.74, 6) is 0.653. The third-order valence-electron chi connectivity index (χ3n) is 3.25. The molecule has 0 saturated carbocycles. The van der Waals surface area contributed by atoms with Gasteiger partial charge in [-0.3, -0.25) is 0 Å². The molecule has 0 fully saturated rings. The summed E-state index contributed by atoms with van der Waals surface area (Å²) in [5, 5.41) is 9.94. The third-order valence-corrected chi connectivity index (χ3v) is 3.25. The summed E-state index contributed by atoms with van der Waals surface area (Å²) >= 11 is 0. The summed E-state index contributed by atoms with van der Waals surface area (Å²) < 4.78 is 0. The van der Waals surface area contributed by atoms with Crippen molar-refractivity contribution in [1.29, 1.82) is 0 Å². The second kappa shape index (κ2) is 9.36. The van der Waals surface area contributed by atoms with Crippen LogP contribution in [0.25, 0.3) is 0 Å². The Balaban J connectivity index is 2.36. The number of rotatable bonds is 7. The van der Waals surface area contributed by atoms with Gasteiger partial charge in [-0.2, -0.15) is 0 Å². The monoisotopic (exact) mass is 270 g/mol. The molecule has 0 heterocycles. The minimum atomic E-state index is -0.562. The second-order valence-electron chi connectivity index (χ2n) is 5.59. The molecule has 0 aliphatic carbocycles. The van der Waals surface area contributed by atoms with E-state index in [4.69, 9.17) is 0 Å². The number of benzene rings is 1. The molecular weight excluding hydrogens is 244 g/mol. The zero-order chi connectivity index (χ0) is 14.8. The molecule has 1 nitrogen and oxygen atoms in total. The van der Waals surface area contributed by atoms with Crippen molar-refractivity contribution in [1.82, 2.24) is 0 Å². The van der Waals surface area contributed by atoms with Gasteiger partial charge in [-0.25, -0.2) is 0 Å². The van der Waals surface area contributed by atoms with Gasteiger partial charge in [0.15, 0.2) is 0 Å². The van der Waals surface area contributed by atoms with E-state index in [9.17, 15) is 5.11 Å². The molecule has 108 valence electrons. The Hall–Kier alpha value is -1.56. The number of hydrogen-bond donors (Lipinski definition) is 1. The fraction of sp³-hybridized carbons (Fsp3) is 0.421. The van der Waals surface area contributed by atoms with Gasteiger partial charge in [0.1, 0.15) is 6.10 Å². The van der Waals surface area contributed by atoms with Gasteiger partial charge in [-0.15, -0.1) is 5.73 Å². The molecule has 1 rings (SSSR count). The van der Waals surface area contributed by atoms with Crippen molar-refractivity contribution in [2.75, 3.05) is 0 Å². The van der Waals surface area contributed by atoms with Crippen LogP contribution in [0.3, 0.4) is 0 Å². The normalized spacial score (nSPS) is 13.0. The van der Waals surface area contributed by atoms with Gasteiger partial charge in [-0.05, 0) is 56.7 Å². The Kier molecular flexibility index (Phi) is 7.72. The van der Waals surface area contributed by atoms with Gasteiger partial charge < -0.3 is 5.11 Å². The van der Waals surface area contributed by atoms with Crippen molar-refractivity contribution in [2.45, 2.75) is 46.1 Å². The lowest BCUT2D eigenvalue weighted by Gasteiger charge is -2.05. The lowest BCUT2D eigenvalue weighted by Crippen LogP contribution is -1.92. The first-order valence-corrected chi connectivity index (χ1v) is 7.37. The minimum absolute atomic E-state index is 0.562. The molecule has 20 heavy (non-hydrogen) atoms. The van der Waals surface area contributed by atoms with Gasteiger partial charge in [-0.1, -0.05) is 48.9 Å². The maximum atomic E-state index is 9.94. The van der Waals surface area contributed by atoms with Crippen LogP contribution in [0.4, 0.5) is 0 Å². The first kappa shape index (κ1) is 16.5. The smallest absolute Gasteiger partial charge is 0.104 e. The second-order valence-corrected chi connectivity index (χ2v) is 5.59. The molecule has 1 aromatic rings. The van der Waals surface area contributed by atoms with Crippen molar-refractivity contribution >= 4 is 0 Å². The number of aliphatic hydroxyl groups excluding tert-OH is 1. The Labute approximate surface area is 123 Å². The highest BCUT2D eigenvalue weighted by Crippen LogP contribution is 2.14. The number of hydrogen-bond acceptors (Lipinski definition) is 1. The van der Waals surface area contributed by atoms with E-state index in [1.165, 1.54) is 12.0 Å². The molecule has 0 saturated heterocycles. The van der Waals surface area contributed by atoms with E-state index in [0.29, 0.717) is 5.92 Å². The molecule has 0 aliphatic heterocycles. The van der Waals surface area contributed by atoms with Gasteiger partial charge >= 0.3 is 0 Å². The van der Waals surface area contributed by atoms with Crippen molar-refractivity contribution in [2.24, 2.45) is 5.92 Å². The summed E-state index contributed by atoms with van der Waals surface area (Å²) in [6.45, 7) is 6.53. The van der Waals surface area contributed by atoms with Gasteiger partial charge in [0, 0.05) is 0 Å². The minimum Gasteiger partial charge on any atom is -0.384 e. The van der Waals surface area contributed by atoms with Crippen LogP contribution in [0.15, 0.2) is 59.9 Å². The van der Waals surface area contributed by atoms with Gasteiger partial charge in [0.05, 0.1) is 0 Å². The molecule has 1 heteroatoms. The third kappa shape index (κ3) is 7.13. The first-order chi connectivity index (χ1) is 9.59. The van der Waals surface area contributed by atoms with E-state index < -0.39 is 6.10 Å². The molecule has 2 unspecified atom stereocenters. The molecule has 0 amide bonds. The molecule has 1 aromatic carbocycles. The average Bonchev–Trinajstić information content (AvgIpc) is 2.44. The number of aliphatic hydroxyl groups is 1. The van der Waals surface area contributed by atoms with Crippen LogP contribution in [0, 0.1) is 5.92 Å². The molecule has 0 aromatic heterocycles. The van der Waals surface area contributed by atoms with Gasteiger partial charge in [0.2, 0.25) is 0 Å². The zero-order valence-electron chi connectivity index (χ0n) is 12.8. The van der Waals surface area contributed by atoms with E-state index in [2.05, 4.69) is 32.6 Å². The SMILES string of the molecule is CC(C)=CCCC(C)CC=C=CC(O)c1ccccc1. The van der Waals surface area contributed by atoms with E-state index >= 15 is 0 Å². The van der Waals surface area contributed by atoms with E-state index in [0.717, 1.165) is 18.4 Å². The fourth-order valence-electron chi connectivity index (χ4n) is 1.95. The molecule has 2 atom stereocenters. The van der Waals surface area contributed by atoms with Crippen molar-refractivity contribution in [3.05, 3.63) is 65.4 Å². The molecule has 0 spiro atoms. The molecule has 0 bridgehead atoms. The highest BCUT2D eigenvalue weighted by molar-refractivity contribution is 5.20. The topological polar surface area (TPSA) is 20.2 Å². The first-order valence-electron chi connectivity index (χ1n) is 7.37. The maximum absolute atomic E-state index is 9.94. The lowest BCUT2D eigenvalue weighted by molar-refractivity contribution is 0.229. The summed E-state index contributed by atoms with van der Waals surface area (Å²) in [4.78, 5) is 0. The van der Waals surface area contributed by atoms with Crippen LogP contribution < -0.4 is 0 Å². The van der Waals surface area contributed by atoms with Crippen LogP contribution in [0.1, 0.15) is 51.7 Å². The molecule has 0 radical (unpaired) electrons. The number of allylic oxidation sites excluding steroid dienone is 2. The van der Waals surface area contributed by atoms with Crippen LogP contribution in [0.2, 0.25) is 0 Å². The van der Waals surface area contributed by atoms with Crippen molar-refractivity contribution in [3.63, 3.8) is 0 Å². The van der Waals surface area contributed by atoms with Gasteiger partial charge in [0.25, 0.3) is 0 Å². The summed E-state index contributed by atoms with van der Waals surface area (Å²) in [6.07, 6.45) is 8.83. The van der Waals surface area contributed by atoms with Crippen LogP contribution in [-0.2, 0) is 0 Å². The van der Waals surface area contributed by atoms with Crippen molar-refractivity contribution < 1.29 is 5.11 Å².